The molecule has 0 rings (SSSR count). The monoisotopic (exact) mass is 114 g/mol. The van der Waals surface area contributed by atoms with Crippen molar-refractivity contribution in [3.05, 3.63) is 0 Å². The number of aliphatic hydroxyl groups is 1. The normalized spacial score (nSPS) is 7.71. The van der Waals surface area contributed by atoms with Gasteiger partial charge in [-0.1, -0.05) is 19.8 Å². The van der Waals surface area contributed by atoms with Crippen LogP contribution < -0.4 is 0 Å². The molecule has 0 unspecified atom stereocenters. The number of hydrogen-bond acceptors (Lipinski definition) is 1. The molecule has 0 aliphatic carbocycles. The van der Waals surface area contributed by atoms with Gasteiger partial charge < -0.3 is 7.96 Å². The second kappa shape index (κ2) is 9.87. The number of aliphatic hydroxyl groups excluding tert-OH is 1. The molecule has 0 aromatic heterocycles. The molecule has 0 fully saturated rings. The molecule has 7 heavy (non-hydrogen) atoms. The molecule has 0 aliphatic heterocycles. The minimum atomic E-state index is 0. The predicted octanol–water partition coefficient (Wildman–Crippen LogP) is 1.01. The first-order valence-corrected chi connectivity index (χ1v) is 2.52. The molecule has 1 nitrogen and oxygen atoms in total. The van der Waals surface area contributed by atoms with E-state index in [1.165, 1.54) is 6.42 Å². The summed E-state index contributed by atoms with van der Waals surface area (Å²) >= 11 is 0. The minimum absolute atomic E-state index is 0. The second-order valence-corrected chi connectivity index (χ2v) is 1.43. The van der Waals surface area contributed by atoms with E-state index in [1.54, 1.807) is 0 Å². The van der Waals surface area contributed by atoms with E-state index in [-0.39, 0.29) is 25.9 Å². The third-order valence-electron chi connectivity index (χ3n) is 0.762. The maximum absolute atomic E-state index is 8.20. The molecule has 1 N–H and O–H groups in total. The van der Waals surface area contributed by atoms with Crippen molar-refractivity contribution in [3.8, 4) is 0 Å². The molecule has 0 radical (unpaired) electrons. The zero-order chi connectivity index (χ0) is 4.83. The van der Waals surface area contributed by atoms with E-state index in [0.717, 1.165) is 12.8 Å². The fraction of sp³-hybridized carbons (Fsp3) is 1.00. The Kier molecular flexibility index (Phi) is 15.0. The van der Waals surface area contributed by atoms with Gasteiger partial charge in [-0.15, -0.1) is 0 Å². The van der Waals surface area contributed by atoms with Crippen LogP contribution in [0.4, 0.5) is 0 Å². The van der Waals surface area contributed by atoms with Crippen LogP contribution in [0.15, 0.2) is 0 Å². The standard InChI is InChI=1S/C5H12O.Mg.2H/c1-2-3-4-5-6;;;/h6H,2-5H2,1H3;;;/q;+2;2*-1. The van der Waals surface area contributed by atoms with Crippen molar-refractivity contribution in [2.75, 3.05) is 6.61 Å². The predicted molar refractivity (Wildman–Crippen MR) is 34.6 cm³/mol. The van der Waals surface area contributed by atoms with Crippen LogP contribution in [-0.2, 0) is 0 Å². The SMILES string of the molecule is CCCCCO.[H-].[H-].[Mg+2]. The third kappa shape index (κ3) is 10.8. The van der Waals surface area contributed by atoms with Gasteiger partial charge in [-0.25, -0.2) is 0 Å². The van der Waals surface area contributed by atoms with E-state index in [9.17, 15) is 0 Å². The molecule has 0 bridgehead atoms. The maximum atomic E-state index is 8.20. The van der Waals surface area contributed by atoms with Gasteiger partial charge in [0.15, 0.2) is 0 Å². The summed E-state index contributed by atoms with van der Waals surface area (Å²) in [5, 5.41) is 8.20. The summed E-state index contributed by atoms with van der Waals surface area (Å²) in [5.41, 5.74) is 0. The Bertz CT molecular complexity index is 26.9. The first kappa shape index (κ1) is 10.7. The van der Waals surface area contributed by atoms with E-state index in [0.29, 0.717) is 6.61 Å². The fourth-order valence-electron chi connectivity index (χ4n) is 0.362. The van der Waals surface area contributed by atoms with Crippen LogP contribution in [0.2, 0.25) is 0 Å². The smallest absolute Gasteiger partial charge is 1.00 e. The number of hydrogen-bond donors (Lipinski definition) is 1. The molecule has 2 heteroatoms. The zero-order valence-corrected chi connectivity index (χ0v) is 6.40. The average molecular weight is 114 g/mol. The molecule has 0 aliphatic rings. The van der Waals surface area contributed by atoms with Crippen molar-refractivity contribution < 1.29 is 7.96 Å². The quantitative estimate of drug-likeness (QED) is 0.429. The minimum Gasteiger partial charge on any atom is -1.00 e. The summed E-state index contributed by atoms with van der Waals surface area (Å²) in [4.78, 5) is 0. The number of unbranched alkanes of at least 4 members (excludes halogenated alkanes) is 2. The van der Waals surface area contributed by atoms with Crippen LogP contribution >= 0.6 is 0 Å². The first-order valence-electron chi connectivity index (χ1n) is 2.52. The molecule has 0 aromatic rings. The number of rotatable bonds is 3. The molecular formula is C5H14MgO. The molecule has 0 aromatic carbocycles. The Balaban J connectivity index is -0.0000000417. The van der Waals surface area contributed by atoms with E-state index in [4.69, 9.17) is 5.11 Å². The van der Waals surface area contributed by atoms with Crippen LogP contribution in [0.5, 0.6) is 0 Å². The van der Waals surface area contributed by atoms with Crippen LogP contribution in [0.3, 0.4) is 0 Å². The first-order chi connectivity index (χ1) is 2.91. The van der Waals surface area contributed by atoms with Crippen LogP contribution in [0.25, 0.3) is 0 Å². The third-order valence-corrected chi connectivity index (χ3v) is 0.762. The van der Waals surface area contributed by atoms with Gasteiger partial charge in [0.05, 0.1) is 0 Å². The molecule has 0 saturated heterocycles. The Morgan fingerprint density at radius 2 is 2.00 bits per heavy atom. The Morgan fingerprint density at radius 3 is 2.14 bits per heavy atom. The maximum Gasteiger partial charge on any atom is 2.00 e. The van der Waals surface area contributed by atoms with E-state index < -0.39 is 0 Å². The molecule has 0 heterocycles. The topological polar surface area (TPSA) is 20.2 Å². The average Bonchev–Trinajstić information content (AvgIpc) is 1.61. The Labute approximate surface area is 64.2 Å². The largest absolute Gasteiger partial charge is 2.00 e. The Hall–Kier alpha value is 0.726. The summed E-state index contributed by atoms with van der Waals surface area (Å²) in [6.45, 7) is 2.48. The summed E-state index contributed by atoms with van der Waals surface area (Å²) in [7, 11) is 0. The van der Waals surface area contributed by atoms with Gasteiger partial charge in [0.1, 0.15) is 0 Å². The van der Waals surface area contributed by atoms with Crippen molar-refractivity contribution in [2.24, 2.45) is 0 Å². The molecule has 0 atom stereocenters. The van der Waals surface area contributed by atoms with Crippen molar-refractivity contribution in [1.29, 1.82) is 0 Å². The van der Waals surface area contributed by atoms with Gasteiger partial charge in [0.2, 0.25) is 0 Å². The molecule has 42 valence electrons. The van der Waals surface area contributed by atoms with Crippen LogP contribution in [0.1, 0.15) is 29.0 Å². The van der Waals surface area contributed by atoms with Crippen molar-refractivity contribution in [1.82, 2.24) is 0 Å². The zero-order valence-electron chi connectivity index (χ0n) is 6.98. The van der Waals surface area contributed by atoms with Gasteiger partial charge in [-0.3, -0.25) is 0 Å². The van der Waals surface area contributed by atoms with Gasteiger partial charge >= 0.3 is 23.1 Å². The summed E-state index contributed by atoms with van der Waals surface area (Å²) in [6.07, 6.45) is 3.33. The summed E-state index contributed by atoms with van der Waals surface area (Å²) in [5.74, 6) is 0. The molecule has 0 spiro atoms. The van der Waals surface area contributed by atoms with Gasteiger partial charge in [-0.05, 0) is 6.42 Å². The Morgan fingerprint density at radius 1 is 1.43 bits per heavy atom. The van der Waals surface area contributed by atoms with E-state index >= 15 is 0 Å². The van der Waals surface area contributed by atoms with E-state index in [1.807, 2.05) is 0 Å². The molecule has 0 saturated carbocycles. The fourth-order valence-corrected chi connectivity index (χ4v) is 0.362. The molecular weight excluding hydrogens is 100 g/mol. The second-order valence-electron chi connectivity index (χ2n) is 1.43. The summed E-state index contributed by atoms with van der Waals surface area (Å²) in [6, 6.07) is 0. The van der Waals surface area contributed by atoms with E-state index in [2.05, 4.69) is 6.92 Å². The van der Waals surface area contributed by atoms with Gasteiger partial charge in [0, 0.05) is 6.61 Å². The summed E-state index contributed by atoms with van der Waals surface area (Å²) < 4.78 is 0. The van der Waals surface area contributed by atoms with Crippen LogP contribution in [-0.4, -0.2) is 34.8 Å². The van der Waals surface area contributed by atoms with Gasteiger partial charge in [0.25, 0.3) is 0 Å². The van der Waals surface area contributed by atoms with Crippen molar-refractivity contribution >= 4 is 23.1 Å². The molecule has 0 amide bonds. The van der Waals surface area contributed by atoms with Crippen molar-refractivity contribution in [2.45, 2.75) is 26.2 Å². The van der Waals surface area contributed by atoms with Crippen LogP contribution in [0, 0.1) is 0 Å². The van der Waals surface area contributed by atoms with Gasteiger partial charge in [-0.2, -0.15) is 0 Å². The van der Waals surface area contributed by atoms with Crippen molar-refractivity contribution in [3.63, 3.8) is 0 Å².